The molecular weight excluding hydrogens is 386 g/mol. The molecule has 1 N–H and O–H groups in total. The number of benzene rings is 1. The molecule has 0 unspecified atom stereocenters. The highest BCUT2D eigenvalue weighted by atomic mass is 35.5. The Labute approximate surface area is 177 Å². The normalized spacial score (nSPS) is 16.3. The number of halogens is 1. The van der Waals surface area contributed by atoms with E-state index in [1.807, 2.05) is 30.9 Å². The molecule has 6 nitrogen and oxygen atoms in total. The molecule has 0 saturated carbocycles. The maximum absolute atomic E-state index is 13.7. The largest absolute Gasteiger partial charge is 0.326 e. The minimum Gasteiger partial charge on any atom is -0.318 e. The molecule has 1 aromatic heterocycles. The Morgan fingerprint density at radius 3 is 2.69 bits per heavy atom. The molecule has 7 heteroatoms. The Morgan fingerprint density at radius 2 is 2.10 bits per heavy atom. The van der Waals surface area contributed by atoms with Crippen molar-refractivity contribution in [2.75, 3.05) is 18.0 Å². The maximum atomic E-state index is 13.7. The van der Waals surface area contributed by atoms with Crippen molar-refractivity contribution in [3.8, 4) is 6.07 Å². The number of carbonyl (C=O) groups excluding carboxylic acids is 1. The number of nitrogens with one attached hydrogen (secondary N) is 1. The molecular formula is C22H26ClN5O. The van der Waals surface area contributed by atoms with Gasteiger partial charge in [0.15, 0.2) is 5.82 Å². The SMILES string of the molecule is CC(C)N(Cc1ccc(C#N)cc1)C(=O)N(c1ncccc1Cl)[C@@H]1CCCNC1. The van der Waals surface area contributed by atoms with Crippen LogP contribution >= 0.6 is 11.6 Å². The number of hydrogen-bond acceptors (Lipinski definition) is 4. The minimum absolute atomic E-state index is 0.00846. The lowest BCUT2D eigenvalue weighted by atomic mass is 10.1. The van der Waals surface area contributed by atoms with Crippen LogP contribution in [-0.4, -0.2) is 41.1 Å². The number of urea groups is 1. The summed E-state index contributed by atoms with van der Waals surface area (Å²) < 4.78 is 0. The number of carbonyl (C=O) groups is 1. The molecule has 2 aromatic rings. The average Bonchev–Trinajstić information content (AvgIpc) is 2.74. The second kappa shape index (κ2) is 9.73. The summed E-state index contributed by atoms with van der Waals surface area (Å²) >= 11 is 6.43. The van der Waals surface area contributed by atoms with E-state index >= 15 is 0 Å². The highest BCUT2D eigenvalue weighted by Crippen LogP contribution is 2.28. The van der Waals surface area contributed by atoms with Gasteiger partial charge in [0.1, 0.15) is 0 Å². The molecule has 152 valence electrons. The first-order valence-electron chi connectivity index (χ1n) is 9.91. The Balaban J connectivity index is 1.92. The average molecular weight is 412 g/mol. The van der Waals surface area contributed by atoms with Crippen LogP contribution in [0.3, 0.4) is 0 Å². The van der Waals surface area contributed by atoms with Gasteiger partial charge in [-0.3, -0.25) is 4.90 Å². The zero-order valence-electron chi connectivity index (χ0n) is 16.8. The second-order valence-electron chi connectivity index (χ2n) is 7.49. The first-order chi connectivity index (χ1) is 14.0. The molecule has 0 aliphatic carbocycles. The molecule has 1 aliphatic heterocycles. The van der Waals surface area contributed by atoms with Gasteiger partial charge < -0.3 is 10.2 Å². The number of rotatable bonds is 5. The fourth-order valence-electron chi connectivity index (χ4n) is 3.52. The Morgan fingerprint density at radius 1 is 1.34 bits per heavy atom. The van der Waals surface area contributed by atoms with Gasteiger partial charge in [-0.25, -0.2) is 9.78 Å². The number of piperidine rings is 1. The van der Waals surface area contributed by atoms with Crippen molar-refractivity contribution >= 4 is 23.4 Å². The molecule has 2 amide bonds. The van der Waals surface area contributed by atoms with Gasteiger partial charge in [-0.2, -0.15) is 5.26 Å². The number of pyridine rings is 1. The summed E-state index contributed by atoms with van der Waals surface area (Å²) in [5, 5.41) is 12.9. The summed E-state index contributed by atoms with van der Waals surface area (Å²) in [5.74, 6) is 0.498. The Kier molecular flexibility index (Phi) is 7.08. The molecule has 3 rings (SSSR count). The monoisotopic (exact) mass is 411 g/mol. The van der Waals surface area contributed by atoms with E-state index in [4.69, 9.17) is 16.9 Å². The summed E-state index contributed by atoms with van der Waals surface area (Å²) in [6.07, 6.45) is 3.56. The zero-order valence-corrected chi connectivity index (χ0v) is 17.6. The van der Waals surface area contributed by atoms with Crippen molar-refractivity contribution in [2.45, 2.75) is 45.3 Å². The van der Waals surface area contributed by atoms with Gasteiger partial charge in [0.05, 0.1) is 22.7 Å². The van der Waals surface area contributed by atoms with Crippen LogP contribution in [0.5, 0.6) is 0 Å². The van der Waals surface area contributed by atoms with Crippen molar-refractivity contribution in [3.05, 3.63) is 58.7 Å². The van der Waals surface area contributed by atoms with Gasteiger partial charge in [-0.05, 0) is 63.1 Å². The van der Waals surface area contributed by atoms with Crippen molar-refractivity contribution in [2.24, 2.45) is 0 Å². The topological polar surface area (TPSA) is 72.3 Å². The molecule has 1 saturated heterocycles. The molecule has 2 heterocycles. The van der Waals surface area contributed by atoms with Gasteiger partial charge in [-0.15, -0.1) is 0 Å². The second-order valence-corrected chi connectivity index (χ2v) is 7.90. The number of aromatic nitrogens is 1. The van der Waals surface area contributed by atoms with Crippen molar-refractivity contribution in [1.82, 2.24) is 15.2 Å². The quantitative estimate of drug-likeness (QED) is 0.800. The summed E-state index contributed by atoms with van der Waals surface area (Å²) in [7, 11) is 0. The van der Waals surface area contributed by atoms with Gasteiger partial charge in [-0.1, -0.05) is 23.7 Å². The molecule has 29 heavy (non-hydrogen) atoms. The Bertz CT molecular complexity index is 872. The molecule has 0 bridgehead atoms. The zero-order chi connectivity index (χ0) is 20.8. The number of anilines is 1. The van der Waals surface area contributed by atoms with Gasteiger partial charge in [0.2, 0.25) is 0 Å². The van der Waals surface area contributed by atoms with Gasteiger partial charge in [0, 0.05) is 25.3 Å². The van der Waals surface area contributed by atoms with Crippen molar-refractivity contribution in [3.63, 3.8) is 0 Å². The van der Waals surface area contributed by atoms with Crippen LogP contribution in [0.1, 0.15) is 37.8 Å². The van der Waals surface area contributed by atoms with E-state index in [1.54, 1.807) is 35.4 Å². The van der Waals surface area contributed by atoms with E-state index in [1.165, 1.54) is 0 Å². The Hall–Kier alpha value is -2.62. The van der Waals surface area contributed by atoms with E-state index in [9.17, 15) is 4.79 Å². The third kappa shape index (κ3) is 5.06. The predicted molar refractivity (Wildman–Crippen MR) is 115 cm³/mol. The summed E-state index contributed by atoms with van der Waals surface area (Å²) in [5.41, 5.74) is 1.58. The van der Waals surface area contributed by atoms with Crippen LogP contribution in [0.2, 0.25) is 5.02 Å². The van der Waals surface area contributed by atoms with Crippen LogP contribution in [-0.2, 0) is 6.54 Å². The van der Waals surface area contributed by atoms with E-state index in [-0.39, 0.29) is 18.1 Å². The third-order valence-corrected chi connectivity index (χ3v) is 5.41. The summed E-state index contributed by atoms with van der Waals surface area (Å²) in [6.45, 7) is 6.11. The molecule has 0 radical (unpaired) electrons. The van der Waals surface area contributed by atoms with Crippen LogP contribution < -0.4 is 10.2 Å². The molecule has 1 aromatic carbocycles. The van der Waals surface area contributed by atoms with Crippen molar-refractivity contribution < 1.29 is 4.79 Å². The van der Waals surface area contributed by atoms with E-state index in [0.29, 0.717) is 29.5 Å². The highest BCUT2D eigenvalue weighted by molar-refractivity contribution is 6.33. The standard InChI is InChI=1S/C22H26ClN5O/c1-16(2)27(15-18-9-7-17(13-24)8-10-18)22(29)28(19-5-3-11-25-14-19)21-20(23)6-4-12-26-21/h4,6-10,12,16,19,25H,3,5,11,14-15H2,1-2H3/t19-/m1/s1. The smallest absolute Gasteiger partial charge is 0.318 e. The number of amides is 2. The van der Waals surface area contributed by atoms with Gasteiger partial charge >= 0.3 is 6.03 Å². The lowest BCUT2D eigenvalue weighted by molar-refractivity contribution is 0.182. The molecule has 1 fully saturated rings. The summed E-state index contributed by atoms with van der Waals surface area (Å²) in [6, 6.07) is 12.9. The van der Waals surface area contributed by atoms with Crippen molar-refractivity contribution in [1.29, 1.82) is 5.26 Å². The molecule has 1 aliphatic rings. The number of nitrogens with zero attached hydrogens (tertiary/aromatic N) is 4. The predicted octanol–water partition coefficient (Wildman–Crippen LogP) is 4.20. The fraction of sp³-hybridized carbons (Fsp3) is 0.409. The van der Waals surface area contributed by atoms with E-state index in [0.717, 1.165) is 24.9 Å². The van der Waals surface area contributed by atoms with Crippen LogP contribution in [0.25, 0.3) is 0 Å². The molecule has 1 atom stereocenters. The highest BCUT2D eigenvalue weighted by Gasteiger charge is 2.33. The number of hydrogen-bond donors (Lipinski definition) is 1. The third-order valence-electron chi connectivity index (χ3n) is 5.11. The van der Waals surface area contributed by atoms with E-state index in [2.05, 4.69) is 16.4 Å². The van der Waals surface area contributed by atoms with Crippen LogP contribution in [0.4, 0.5) is 10.6 Å². The fourth-order valence-corrected chi connectivity index (χ4v) is 3.73. The lowest BCUT2D eigenvalue weighted by Crippen LogP contribution is -2.55. The minimum atomic E-state index is -0.112. The first-order valence-corrected chi connectivity index (χ1v) is 10.3. The number of nitriles is 1. The van der Waals surface area contributed by atoms with Crippen LogP contribution in [0.15, 0.2) is 42.6 Å². The van der Waals surface area contributed by atoms with Crippen LogP contribution in [0, 0.1) is 11.3 Å². The molecule has 0 spiro atoms. The maximum Gasteiger partial charge on any atom is 0.326 e. The lowest BCUT2D eigenvalue weighted by Gasteiger charge is -2.39. The van der Waals surface area contributed by atoms with E-state index < -0.39 is 0 Å². The first kappa shape index (κ1) is 21.1. The van der Waals surface area contributed by atoms with Gasteiger partial charge in [0.25, 0.3) is 0 Å². The summed E-state index contributed by atoms with van der Waals surface area (Å²) in [4.78, 5) is 21.7.